The van der Waals surface area contributed by atoms with E-state index in [9.17, 15) is 0 Å². The first-order chi connectivity index (χ1) is 8.92. The van der Waals surface area contributed by atoms with E-state index in [0.717, 1.165) is 12.6 Å². The lowest BCUT2D eigenvalue weighted by Gasteiger charge is -2.37. The highest BCUT2D eigenvalue weighted by Gasteiger charge is 2.26. The van der Waals surface area contributed by atoms with Gasteiger partial charge < -0.3 is 0 Å². The van der Waals surface area contributed by atoms with E-state index in [1.165, 1.54) is 49.7 Å². The molecular weight excluding hydrogens is 240 g/mol. The van der Waals surface area contributed by atoms with Gasteiger partial charge in [-0.2, -0.15) is 11.8 Å². The summed E-state index contributed by atoms with van der Waals surface area (Å²) >= 11 is 2.12. The molecule has 1 aromatic rings. The first-order valence-electron chi connectivity index (χ1n) is 7.00. The minimum absolute atomic E-state index is 0.869. The Labute approximate surface area is 114 Å². The van der Waals surface area contributed by atoms with Gasteiger partial charge in [-0.15, -0.1) is 0 Å². The molecule has 0 radical (unpaired) electrons. The average molecular weight is 262 g/mol. The highest BCUT2D eigenvalue weighted by molar-refractivity contribution is 7.99. The van der Waals surface area contributed by atoms with E-state index in [2.05, 4.69) is 51.9 Å². The average Bonchev–Trinajstić information content (AvgIpc) is 2.95. The van der Waals surface area contributed by atoms with Crippen LogP contribution >= 0.6 is 11.8 Å². The molecule has 2 fully saturated rings. The molecule has 2 aliphatic rings. The molecule has 0 bridgehead atoms. The van der Waals surface area contributed by atoms with E-state index < -0.39 is 0 Å². The molecule has 3 rings (SSSR count). The summed E-state index contributed by atoms with van der Waals surface area (Å²) in [6, 6.07) is 11.7. The summed E-state index contributed by atoms with van der Waals surface area (Å²) < 4.78 is 0. The zero-order chi connectivity index (χ0) is 12.2. The Hall–Kier alpha value is -0.510. The minimum atomic E-state index is 0.869. The molecule has 2 saturated heterocycles. The normalized spacial score (nSPS) is 26.6. The predicted octanol–water partition coefficient (Wildman–Crippen LogP) is 2.31. The molecule has 0 unspecified atom stereocenters. The second-order valence-electron chi connectivity index (χ2n) is 5.32. The third-order valence-electron chi connectivity index (χ3n) is 4.08. The maximum Gasteiger partial charge on any atom is 0.0234 e. The largest absolute Gasteiger partial charge is 0.297 e. The standard InChI is InChI=1S/C15H22N2S/c1-2-4-14(5-3-1)12-16-7-9-17(10-8-16)15-6-11-18-13-15/h1-5,15H,6-13H2/t15-/m1/s1. The Morgan fingerprint density at radius 3 is 2.50 bits per heavy atom. The third-order valence-corrected chi connectivity index (χ3v) is 5.22. The number of hydrogen-bond acceptors (Lipinski definition) is 3. The number of rotatable bonds is 3. The van der Waals surface area contributed by atoms with Gasteiger partial charge in [-0.05, 0) is 17.7 Å². The molecule has 0 aromatic heterocycles. The molecule has 2 aliphatic heterocycles. The monoisotopic (exact) mass is 262 g/mol. The molecule has 18 heavy (non-hydrogen) atoms. The highest BCUT2D eigenvalue weighted by Crippen LogP contribution is 2.23. The predicted molar refractivity (Wildman–Crippen MR) is 79.0 cm³/mol. The summed E-state index contributed by atoms with van der Waals surface area (Å²) in [5.41, 5.74) is 1.45. The Kier molecular flexibility index (Phi) is 4.24. The van der Waals surface area contributed by atoms with Gasteiger partial charge in [0.25, 0.3) is 0 Å². The third kappa shape index (κ3) is 3.08. The Bertz CT molecular complexity index is 354. The molecule has 3 heteroatoms. The molecule has 1 atom stereocenters. The van der Waals surface area contributed by atoms with Crippen molar-refractivity contribution in [2.24, 2.45) is 0 Å². The second kappa shape index (κ2) is 6.09. The smallest absolute Gasteiger partial charge is 0.0234 e. The lowest BCUT2D eigenvalue weighted by Crippen LogP contribution is -2.50. The summed E-state index contributed by atoms with van der Waals surface area (Å²) in [4.78, 5) is 5.30. The van der Waals surface area contributed by atoms with Crippen molar-refractivity contribution >= 4 is 11.8 Å². The van der Waals surface area contributed by atoms with Gasteiger partial charge in [0.2, 0.25) is 0 Å². The van der Waals surface area contributed by atoms with Crippen molar-refractivity contribution in [3.63, 3.8) is 0 Å². The van der Waals surface area contributed by atoms with Crippen molar-refractivity contribution in [1.29, 1.82) is 0 Å². The van der Waals surface area contributed by atoms with Gasteiger partial charge in [-0.1, -0.05) is 30.3 Å². The minimum Gasteiger partial charge on any atom is -0.297 e. The van der Waals surface area contributed by atoms with Crippen molar-refractivity contribution < 1.29 is 0 Å². The van der Waals surface area contributed by atoms with Crippen LogP contribution in [-0.2, 0) is 6.54 Å². The fourth-order valence-corrected chi connectivity index (χ4v) is 4.19. The van der Waals surface area contributed by atoms with Crippen molar-refractivity contribution in [3.05, 3.63) is 35.9 Å². The summed E-state index contributed by atoms with van der Waals surface area (Å²) in [5, 5.41) is 0. The van der Waals surface area contributed by atoms with Gasteiger partial charge >= 0.3 is 0 Å². The summed E-state index contributed by atoms with van der Waals surface area (Å²) in [5.74, 6) is 2.73. The molecule has 0 amide bonds. The van der Waals surface area contributed by atoms with Crippen LogP contribution in [0.2, 0.25) is 0 Å². The van der Waals surface area contributed by atoms with E-state index >= 15 is 0 Å². The van der Waals surface area contributed by atoms with Crippen LogP contribution in [-0.4, -0.2) is 53.5 Å². The van der Waals surface area contributed by atoms with Crippen molar-refractivity contribution in [2.75, 3.05) is 37.7 Å². The van der Waals surface area contributed by atoms with E-state index in [4.69, 9.17) is 0 Å². The van der Waals surface area contributed by atoms with Crippen molar-refractivity contribution in [2.45, 2.75) is 19.0 Å². The summed E-state index contributed by atoms with van der Waals surface area (Å²) in [6.45, 7) is 6.11. The lowest BCUT2D eigenvalue weighted by atomic mass is 10.1. The molecule has 2 nitrogen and oxygen atoms in total. The summed E-state index contributed by atoms with van der Waals surface area (Å²) in [7, 11) is 0. The molecule has 0 spiro atoms. The van der Waals surface area contributed by atoms with Gasteiger partial charge in [0.1, 0.15) is 0 Å². The van der Waals surface area contributed by atoms with Gasteiger partial charge in [-0.3, -0.25) is 9.80 Å². The topological polar surface area (TPSA) is 6.48 Å². The second-order valence-corrected chi connectivity index (χ2v) is 6.46. The van der Waals surface area contributed by atoms with Crippen LogP contribution in [0.15, 0.2) is 30.3 Å². The van der Waals surface area contributed by atoms with E-state index in [1.807, 2.05) is 0 Å². The van der Waals surface area contributed by atoms with Gasteiger partial charge in [0.05, 0.1) is 0 Å². The Balaban J connectivity index is 1.48. The molecule has 98 valence electrons. The molecule has 2 heterocycles. The molecule has 0 N–H and O–H groups in total. The van der Waals surface area contributed by atoms with Crippen molar-refractivity contribution in [3.8, 4) is 0 Å². The van der Waals surface area contributed by atoms with Crippen LogP contribution in [0, 0.1) is 0 Å². The Morgan fingerprint density at radius 1 is 1.06 bits per heavy atom. The van der Waals surface area contributed by atoms with Crippen LogP contribution in [0.5, 0.6) is 0 Å². The summed E-state index contributed by atoms with van der Waals surface area (Å²) in [6.07, 6.45) is 1.41. The van der Waals surface area contributed by atoms with Crippen LogP contribution in [0.1, 0.15) is 12.0 Å². The maximum absolute atomic E-state index is 2.71. The van der Waals surface area contributed by atoms with Crippen LogP contribution in [0.25, 0.3) is 0 Å². The molecular formula is C15H22N2S. The molecule has 1 aromatic carbocycles. The quantitative estimate of drug-likeness (QED) is 0.825. The number of hydrogen-bond donors (Lipinski definition) is 0. The van der Waals surface area contributed by atoms with Crippen LogP contribution < -0.4 is 0 Å². The Morgan fingerprint density at radius 2 is 1.83 bits per heavy atom. The highest BCUT2D eigenvalue weighted by atomic mass is 32.2. The van der Waals surface area contributed by atoms with Gasteiger partial charge in [-0.25, -0.2) is 0 Å². The fourth-order valence-electron chi connectivity index (χ4n) is 2.94. The van der Waals surface area contributed by atoms with E-state index in [0.29, 0.717) is 0 Å². The first-order valence-corrected chi connectivity index (χ1v) is 8.15. The number of thioether (sulfide) groups is 1. The van der Waals surface area contributed by atoms with Gasteiger partial charge in [0, 0.05) is 44.5 Å². The number of benzene rings is 1. The number of nitrogens with zero attached hydrogens (tertiary/aromatic N) is 2. The molecule has 0 aliphatic carbocycles. The fraction of sp³-hybridized carbons (Fsp3) is 0.600. The van der Waals surface area contributed by atoms with Crippen molar-refractivity contribution in [1.82, 2.24) is 9.80 Å². The van der Waals surface area contributed by atoms with Gasteiger partial charge in [0.15, 0.2) is 0 Å². The maximum atomic E-state index is 2.71. The van der Waals surface area contributed by atoms with E-state index in [-0.39, 0.29) is 0 Å². The first kappa shape index (κ1) is 12.5. The zero-order valence-corrected chi connectivity index (χ0v) is 11.7. The van der Waals surface area contributed by atoms with Crippen LogP contribution in [0.3, 0.4) is 0 Å². The van der Waals surface area contributed by atoms with E-state index in [1.54, 1.807) is 0 Å². The number of piperazine rings is 1. The molecule has 0 saturated carbocycles. The SMILES string of the molecule is c1ccc(CN2CCN([C@@H]3CCSC3)CC2)cc1. The van der Waals surface area contributed by atoms with Crippen LogP contribution in [0.4, 0.5) is 0 Å². The zero-order valence-electron chi connectivity index (χ0n) is 10.9. The lowest BCUT2D eigenvalue weighted by molar-refractivity contribution is 0.100.